The van der Waals surface area contributed by atoms with Crippen molar-refractivity contribution in [1.29, 1.82) is 0 Å². The third kappa shape index (κ3) is 4.98. The highest BCUT2D eigenvalue weighted by atomic mass is 16.3. The molecular formula is C53H33N3O. The fraction of sp³-hybridized carbons (Fsp3) is 0. The molecule has 0 aliphatic carbocycles. The van der Waals surface area contributed by atoms with E-state index >= 15 is 0 Å². The van der Waals surface area contributed by atoms with Gasteiger partial charge in [0.05, 0.1) is 22.1 Å². The van der Waals surface area contributed by atoms with E-state index in [1.165, 1.54) is 54.8 Å². The Kier molecular flexibility index (Phi) is 6.89. The van der Waals surface area contributed by atoms with Gasteiger partial charge >= 0.3 is 0 Å². The van der Waals surface area contributed by atoms with Crippen molar-refractivity contribution >= 4 is 65.6 Å². The van der Waals surface area contributed by atoms with Crippen molar-refractivity contribution in [2.24, 2.45) is 0 Å². The summed E-state index contributed by atoms with van der Waals surface area (Å²) in [6.45, 7) is 0. The van der Waals surface area contributed by atoms with Crippen LogP contribution in [-0.4, -0.2) is 14.1 Å². The summed E-state index contributed by atoms with van der Waals surface area (Å²) in [5.41, 5.74) is 14.6. The van der Waals surface area contributed by atoms with Crippen LogP contribution in [0.5, 0.6) is 0 Å². The number of nitrogens with zero attached hydrogens (tertiary/aromatic N) is 3. The molecule has 0 saturated heterocycles. The van der Waals surface area contributed by atoms with E-state index in [2.05, 4.69) is 191 Å². The zero-order valence-corrected chi connectivity index (χ0v) is 30.8. The Morgan fingerprint density at radius 3 is 1.63 bits per heavy atom. The van der Waals surface area contributed by atoms with E-state index in [-0.39, 0.29) is 0 Å². The van der Waals surface area contributed by atoms with E-state index in [9.17, 15) is 0 Å². The molecule has 0 amide bonds. The van der Waals surface area contributed by atoms with E-state index in [0.29, 0.717) is 0 Å². The molecule has 0 atom stereocenters. The van der Waals surface area contributed by atoms with Gasteiger partial charge in [0.2, 0.25) is 0 Å². The van der Waals surface area contributed by atoms with Gasteiger partial charge in [0, 0.05) is 49.8 Å². The summed E-state index contributed by atoms with van der Waals surface area (Å²) in [6, 6.07) is 69.4. The molecule has 4 heteroatoms. The minimum Gasteiger partial charge on any atom is -0.456 e. The summed E-state index contributed by atoms with van der Waals surface area (Å²) in [6.07, 6.45) is 1.99. The first-order chi connectivity index (χ1) is 28.2. The Labute approximate surface area is 328 Å². The molecule has 4 nitrogen and oxygen atoms in total. The normalized spacial score (nSPS) is 11.9. The number of pyridine rings is 1. The Morgan fingerprint density at radius 1 is 0.316 bits per heavy atom. The number of furan rings is 1. The average molecular weight is 728 g/mol. The molecule has 8 aromatic carbocycles. The van der Waals surface area contributed by atoms with E-state index in [0.717, 1.165) is 55.6 Å². The monoisotopic (exact) mass is 727 g/mol. The zero-order valence-electron chi connectivity index (χ0n) is 30.8. The summed E-state index contributed by atoms with van der Waals surface area (Å²) < 4.78 is 10.7. The summed E-state index contributed by atoms with van der Waals surface area (Å²) in [5.74, 6) is 0.892. The first-order valence-electron chi connectivity index (χ1n) is 19.4. The summed E-state index contributed by atoms with van der Waals surface area (Å²) in [5, 5.41) is 7.20. The smallest absolute Gasteiger partial charge is 0.137 e. The molecule has 0 aliphatic rings. The van der Waals surface area contributed by atoms with E-state index in [1.54, 1.807) is 0 Å². The Balaban J connectivity index is 0.901. The van der Waals surface area contributed by atoms with Crippen LogP contribution in [0.15, 0.2) is 205 Å². The van der Waals surface area contributed by atoms with Crippen molar-refractivity contribution in [2.75, 3.05) is 0 Å². The lowest BCUT2D eigenvalue weighted by atomic mass is 9.99. The number of aromatic nitrogens is 3. The summed E-state index contributed by atoms with van der Waals surface area (Å²) in [7, 11) is 0. The maximum absolute atomic E-state index is 6.06. The van der Waals surface area contributed by atoms with E-state index in [4.69, 9.17) is 9.40 Å². The maximum atomic E-state index is 6.06. The van der Waals surface area contributed by atoms with Crippen LogP contribution >= 0.6 is 0 Å². The van der Waals surface area contributed by atoms with E-state index in [1.807, 2.05) is 18.3 Å². The lowest BCUT2D eigenvalue weighted by Crippen LogP contribution is -1.97. The molecule has 0 spiro atoms. The van der Waals surface area contributed by atoms with Gasteiger partial charge in [0.1, 0.15) is 17.0 Å². The van der Waals surface area contributed by atoms with Crippen LogP contribution in [0.4, 0.5) is 0 Å². The predicted molar refractivity (Wildman–Crippen MR) is 237 cm³/mol. The highest BCUT2D eigenvalue weighted by Gasteiger charge is 2.17. The van der Waals surface area contributed by atoms with Crippen LogP contribution in [0.2, 0.25) is 0 Å². The number of benzene rings is 8. The molecule has 0 fully saturated rings. The van der Waals surface area contributed by atoms with Crippen molar-refractivity contribution in [2.45, 2.75) is 0 Å². The highest BCUT2D eigenvalue weighted by Crippen LogP contribution is 2.39. The van der Waals surface area contributed by atoms with Gasteiger partial charge in [-0.25, -0.2) is 4.98 Å². The average Bonchev–Trinajstić information content (AvgIpc) is 3.94. The minimum atomic E-state index is 0.892. The third-order valence-electron chi connectivity index (χ3n) is 11.6. The molecule has 0 aliphatic heterocycles. The SMILES string of the molecule is c1ccc(-n2c3ccccc3c3ccc(-c4ccc5c(c4)c4ccccc4n5-c4ccc(-c5ccc(-c6ccc7oc8ccccc8c7c6)cc5)cn4)cc32)cc1. The van der Waals surface area contributed by atoms with Gasteiger partial charge in [-0.15, -0.1) is 0 Å². The first kappa shape index (κ1) is 31.6. The van der Waals surface area contributed by atoms with Crippen molar-refractivity contribution in [3.8, 4) is 44.9 Å². The maximum Gasteiger partial charge on any atom is 0.137 e. The topological polar surface area (TPSA) is 35.9 Å². The molecule has 266 valence electrons. The van der Waals surface area contributed by atoms with E-state index < -0.39 is 0 Å². The molecule has 12 rings (SSSR count). The number of fused-ring (bicyclic) bond motifs is 9. The van der Waals surface area contributed by atoms with Gasteiger partial charge in [0.15, 0.2) is 0 Å². The van der Waals surface area contributed by atoms with Gasteiger partial charge in [-0.3, -0.25) is 4.57 Å². The second kappa shape index (κ2) is 12.4. The fourth-order valence-corrected chi connectivity index (χ4v) is 8.85. The van der Waals surface area contributed by atoms with Crippen LogP contribution < -0.4 is 0 Å². The van der Waals surface area contributed by atoms with Crippen LogP contribution in [0, 0.1) is 0 Å². The third-order valence-corrected chi connectivity index (χ3v) is 11.6. The quantitative estimate of drug-likeness (QED) is 0.177. The van der Waals surface area contributed by atoms with Crippen LogP contribution in [-0.2, 0) is 0 Å². The van der Waals surface area contributed by atoms with Crippen molar-refractivity contribution in [3.63, 3.8) is 0 Å². The van der Waals surface area contributed by atoms with Gasteiger partial charge in [-0.2, -0.15) is 0 Å². The molecule has 12 aromatic rings. The lowest BCUT2D eigenvalue weighted by molar-refractivity contribution is 0.669. The van der Waals surface area contributed by atoms with Crippen LogP contribution in [0.3, 0.4) is 0 Å². The number of hydrogen-bond acceptors (Lipinski definition) is 2. The van der Waals surface area contributed by atoms with Gasteiger partial charge < -0.3 is 8.98 Å². The summed E-state index contributed by atoms with van der Waals surface area (Å²) >= 11 is 0. The van der Waals surface area contributed by atoms with Crippen LogP contribution in [0.25, 0.3) is 110 Å². The second-order valence-corrected chi connectivity index (χ2v) is 14.8. The second-order valence-electron chi connectivity index (χ2n) is 14.8. The van der Waals surface area contributed by atoms with Crippen LogP contribution in [0.1, 0.15) is 0 Å². The number of para-hydroxylation sites is 4. The highest BCUT2D eigenvalue weighted by molar-refractivity contribution is 6.12. The standard InChI is InChI=1S/C53H33N3O/c1-2-10-40(11-3-1)55-47-15-7-4-12-41(47)43-26-22-38(32-50(43)55)37-23-27-49-45(30-37)42-13-5-8-16-48(42)56(49)53-29-25-39(33-54-53)35-20-18-34(19-21-35)36-24-28-52-46(31-36)44-14-6-9-17-51(44)57-52/h1-33H. The summed E-state index contributed by atoms with van der Waals surface area (Å²) in [4.78, 5) is 5.06. The Hall–Kier alpha value is -7.69. The predicted octanol–water partition coefficient (Wildman–Crippen LogP) is 14.2. The fourth-order valence-electron chi connectivity index (χ4n) is 8.85. The minimum absolute atomic E-state index is 0.892. The molecule has 0 saturated carbocycles. The Morgan fingerprint density at radius 2 is 0.842 bits per heavy atom. The Bertz CT molecular complexity index is 3500. The number of rotatable bonds is 5. The van der Waals surface area contributed by atoms with Crippen molar-refractivity contribution < 1.29 is 4.42 Å². The van der Waals surface area contributed by atoms with Gasteiger partial charge in [0.25, 0.3) is 0 Å². The largest absolute Gasteiger partial charge is 0.456 e. The molecule has 0 radical (unpaired) electrons. The molecule has 4 aromatic heterocycles. The molecule has 4 heterocycles. The van der Waals surface area contributed by atoms with Gasteiger partial charge in [-0.1, -0.05) is 121 Å². The first-order valence-corrected chi connectivity index (χ1v) is 19.4. The molecule has 57 heavy (non-hydrogen) atoms. The van der Waals surface area contributed by atoms with Crippen molar-refractivity contribution in [1.82, 2.24) is 14.1 Å². The van der Waals surface area contributed by atoms with Crippen molar-refractivity contribution in [3.05, 3.63) is 200 Å². The lowest BCUT2D eigenvalue weighted by Gasteiger charge is -2.10. The molecule has 0 bridgehead atoms. The molecule has 0 unspecified atom stereocenters. The van der Waals surface area contributed by atoms with Gasteiger partial charge in [-0.05, 0) is 101 Å². The zero-order chi connectivity index (χ0) is 37.5. The molecule has 0 N–H and O–H groups in total. The molecular weight excluding hydrogens is 695 g/mol. The number of hydrogen-bond donors (Lipinski definition) is 0.